The molecular formula is C26H26ClIN2O3. The minimum absolute atomic E-state index is 0.154. The number of halogens is 2. The Balaban J connectivity index is 1.71. The topological polar surface area (TPSA) is 59.9 Å². The van der Waals surface area contributed by atoms with Crippen molar-refractivity contribution in [1.82, 2.24) is 0 Å². The van der Waals surface area contributed by atoms with Crippen LogP contribution in [-0.4, -0.2) is 25.3 Å². The second kappa shape index (κ2) is 12.0. The summed E-state index contributed by atoms with van der Waals surface area (Å²) in [5.41, 5.74) is 4.61. The third kappa shape index (κ3) is 7.20. The van der Waals surface area contributed by atoms with E-state index < -0.39 is 0 Å². The highest BCUT2D eigenvalue weighted by Gasteiger charge is 2.14. The predicted octanol–water partition coefficient (Wildman–Crippen LogP) is 6.98. The summed E-state index contributed by atoms with van der Waals surface area (Å²) in [7, 11) is 0. The molecule has 1 N–H and O–H groups in total. The Morgan fingerprint density at radius 1 is 1.09 bits per heavy atom. The summed E-state index contributed by atoms with van der Waals surface area (Å²) < 4.78 is 12.4. The summed E-state index contributed by atoms with van der Waals surface area (Å²) >= 11 is 8.31. The van der Waals surface area contributed by atoms with Crippen LogP contribution in [-0.2, 0) is 11.2 Å². The zero-order valence-corrected chi connectivity index (χ0v) is 21.7. The van der Waals surface area contributed by atoms with E-state index in [4.69, 9.17) is 21.1 Å². The lowest BCUT2D eigenvalue weighted by Gasteiger charge is -2.15. The number of hydrogen-bond acceptors (Lipinski definition) is 4. The highest BCUT2D eigenvalue weighted by atomic mass is 127. The minimum atomic E-state index is -0.283. The number of rotatable bonds is 9. The van der Waals surface area contributed by atoms with E-state index in [1.807, 2.05) is 44.2 Å². The fourth-order valence-electron chi connectivity index (χ4n) is 3.04. The quantitative estimate of drug-likeness (QED) is 0.221. The number of hydrogen-bond donors (Lipinski definition) is 1. The molecule has 0 atom stereocenters. The molecule has 1 amide bonds. The lowest BCUT2D eigenvalue weighted by molar-refractivity contribution is -0.118. The number of carbonyl (C=O) groups excluding carboxylic acids is 1. The second-order valence-corrected chi connectivity index (χ2v) is 8.91. The van der Waals surface area contributed by atoms with Gasteiger partial charge in [-0.25, -0.2) is 0 Å². The van der Waals surface area contributed by atoms with Gasteiger partial charge in [-0.2, -0.15) is 0 Å². The Bertz CT molecular complexity index is 1150. The first-order valence-corrected chi connectivity index (χ1v) is 12.1. The third-order valence-electron chi connectivity index (χ3n) is 4.84. The molecule has 33 heavy (non-hydrogen) atoms. The van der Waals surface area contributed by atoms with Gasteiger partial charge in [0.25, 0.3) is 5.91 Å². The van der Waals surface area contributed by atoms with Crippen LogP contribution in [0.5, 0.6) is 11.5 Å². The van der Waals surface area contributed by atoms with Crippen LogP contribution >= 0.6 is 34.2 Å². The highest BCUT2D eigenvalue weighted by Crippen LogP contribution is 2.34. The van der Waals surface area contributed by atoms with Gasteiger partial charge in [0.1, 0.15) is 0 Å². The van der Waals surface area contributed by atoms with E-state index in [2.05, 4.69) is 52.0 Å². The van der Waals surface area contributed by atoms with Gasteiger partial charge in [-0.1, -0.05) is 36.7 Å². The number of aliphatic imine (C=N–C) groups is 1. The van der Waals surface area contributed by atoms with E-state index in [-0.39, 0.29) is 12.5 Å². The molecule has 0 aromatic heterocycles. The van der Waals surface area contributed by atoms with Gasteiger partial charge in [0.05, 0.1) is 15.9 Å². The fourth-order valence-corrected chi connectivity index (χ4v) is 4.00. The Labute approximate surface area is 213 Å². The standard InChI is InChI=1S/C26H26ClIN2O3/c1-4-18-7-10-20(11-8-18)29-15-19-12-23(28)26(24(13-19)32-5-2)33-16-25(31)30-21-9-6-17(3)22(27)14-21/h6-15H,4-5,16H2,1-3H3,(H,30,31). The lowest BCUT2D eigenvalue weighted by Crippen LogP contribution is -2.20. The molecule has 0 heterocycles. The zero-order chi connectivity index (χ0) is 23.8. The molecule has 0 saturated carbocycles. The van der Waals surface area contributed by atoms with Crippen molar-refractivity contribution in [3.8, 4) is 11.5 Å². The number of ether oxygens (including phenoxy) is 2. The van der Waals surface area contributed by atoms with Gasteiger partial charge >= 0.3 is 0 Å². The lowest BCUT2D eigenvalue weighted by atomic mass is 10.1. The Kier molecular flexibility index (Phi) is 9.14. The maximum atomic E-state index is 12.4. The number of carbonyl (C=O) groups is 1. The van der Waals surface area contributed by atoms with Crippen molar-refractivity contribution in [2.75, 3.05) is 18.5 Å². The van der Waals surface area contributed by atoms with Crippen LogP contribution in [0.3, 0.4) is 0 Å². The van der Waals surface area contributed by atoms with E-state index in [0.29, 0.717) is 28.8 Å². The first-order valence-electron chi connectivity index (χ1n) is 10.7. The molecule has 0 unspecified atom stereocenters. The van der Waals surface area contributed by atoms with E-state index in [9.17, 15) is 4.79 Å². The summed E-state index contributed by atoms with van der Waals surface area (Å²) in [4.78, 5) is 16.9. The van der Waals surface area contributed by atoms with E-state index in [0.717, 1.165) is 26.8 Å². The molecular weight excluding hydrogens is 551 g/mol. The third-order valence-corrected chi connectivity index (χ3v) is 6.05. The van der Waals surface area contributed by atoms with Gasteiger partial charge in [-0.15, -0.1) is 0 Å². The summed E-state index contributed by atoms with van der Waals surface area (Å²) in [5, 5.41) is 3.39. The summed E-state index contributed by atoms with van der Waals surface area (Å²) in [6, 6.07) is 17.3. The van der Waals surface area contributed by atoms with Gasteiger partial charge in [0.2, 0.25) is 0 Å². The molecule has 3 aromatic rings. The number of nitrogens with one attached hydrogen (secondary N) is 1. The molecule has 0 fully saturated rings. The average molecular weight is 577 g/mol. The molecule has 3 aromatic carbocycles. The van der Waals surface area contributed by atoms with Crippen LogP contribution in [0, 0.1) is 10.5 Å². The number of amides is 1. The molecule has 5 nitrogen and oxygen atoms in total. The van der Waals surface area contributed by atoms with Crippen molar-refractivity contribution in [2.24, 2.45) is 4.99 Å². The zero-order valence-electron chi connectivity index (χ0n) is 18.8. The second-order valence-electron chi connectivity index (χ2n) is 7.34. The first kappa shape index (κ1) is 25.1. The maximum Gasteiger partial charge on any atom is 0.262 e. The summed E-state index contributed by atoms with van der Waals surface area (Å²) in [5.74, 6) is 0.812. The molecule has 0 aliphatic heterocycles. The van der Waals surface area contributed by atoms with Crippen LogP contribution in [0.25, 0.3) is 0 Å². The number of anilines is 1. The number of benzene rings is 3. The first-order chi connectivity index (χ1) is 15.9. The molecule has 0 spiro atoms. The van der Waals surface area contributed by atoms with E-state index in [1.165, 1.54) is 5.56 Å². The molecule has 0 radical (unpaired) electrons. The number of nitrogens with zero attached hydrogens (tertiary/aromatic N) is 1. The van der Waals surface area contributed by atoms with Crippen LogP contribution in [0.2, 0.25) is 5.02 Å². The summed E-state index contributed by atoms with van der Waals surface area (Å²) in [6.07, 6.45) is 2.79. The van der Waals surface area contributed by atoms with Crippen LogP contribution in [0.15, 0.2) is 59.6 Å². The molecule has 0 saturated heterocycles. The molecule has 7 heteroatoms. The molecule has 0 aliphatic rings. The van der Waals surface area contributed by atoms with Gasteiger partial charge < -0.3 is 14.8 Å². The normalized spacial score (nSPS) is 10.9. The van der Waals surface area contributed by atoms with Crippen molar-refractivity contribution in [1.29, 1.82) is 0 Å². The SMILES string of the molecule is CCOc1cc(C=Nc2ccc(CC)cc2)cc(I)c1OCC(=O)Nc1ccc(C)c(Cl)c1. The van der Waals surface area contributed by atoms with Gasteiger partial charge in [-0.05, 0) is 95.9 Å². The van der Waals surface area contributed by atoms with Gasteiger partial charge in [0.15, 0.2) is 18.1 Å². The van der Waals surface area contributed by atoms with Crippen LogP contribution in [0.1, 0.15) is 30.5 Å². The average Bonchev–Trinajstić information content (AvgIpc) is 2.80. The van der Waals surface area contributed by atoms with E-state index >= 15 is 0 Å². The van der Waals surface area contributed by atoms with Crippen molar-refractivity contribution in [3.05, 3.63) is 79.9 Å². The van der Waals surface area contributed by atoms with Crippen molar-refractivity contribution in [2.45, 2.75) is 27.2 Å². The van der Waals surface area contributed by atoms with Gasteiger partial charge in [-0.3, -0.25) is 9.79 Å². The van der Waals surface area contributed by atoms with Gasteiger partial charge in [0, 0.05) is 16.9 Å². The highest BCUT2D eigenvalue weighted by molar-refractivity contribution is 14.1. The van der Waals surface area contributed by atoms with Crippen LogP contribution in [0.4, 0.5) is 11.4 Å². The Morgan fingerprint density at radius 2 is 1.85 bits per heavy atom. The Morgan fingerprint density at radius 3 is 2.52 bits per heavy atom. The largest absolute Gasteiger partial charge is 0.490 e. The Hall–Kier alpha value is -2.58. The maximum absolute atomic E-state index is 12.4. The molecule has 3 rings (SSSR count). The molecule has 172 valence electrons. The van der Waals surface area contributed by atoms with Crippen molar-refractivity contribution in [3.63, 3.8) is 0 Å². The van der Waals surface area contributed by atoms with Crippen LogP contribution < -0.4 is 14.8 Å². The monoisotopic (exact) mass is 576 g/mol. The fraction of sp³-hybridized carbons (Fsp3) is 0.231. The molecule has 0 aliphatic carbocycles. The van der Waals surface area contributed by atoms with Crippen molar-refractivity contribution < 1.29 is 14.3 Å². The predicted molar refractivity (Wildman–Crippen MR) is 144 cm³/mol. The summed E-state index contributed by atoms with van der Waals surface area (Å²) in [6.45, 7) is 6.25. The number of aryl methyl sites for hydroxylation is 2. The van der Waals surface area contributed by atoms with Crippen molar-refractivity contribution >= 4 is 57.7 Å². The smallest absolute Gasteiger partial charge is 0.262 e. The molecule has 0 bridgehead atoms. The minimum Gasteiger partial charge on any atom is -0.490 e. The van der Waals surface area contributed by atoms with E-state index in [1.54, 1.807) is 18.3 Å².